The number of hydrogen-bond donors (Lipinski definition) is 2. The van der Waals surface area contributed by atoms with Crippen LogP contribution in [0.3, 0.4) is 0 Å². The number of anilines is 1. The molecular formula is C16H13N3O2. The van der Waals surface area contributed by atoms with E-state index in [4.69, 9.17) is 5.26 Å². The molecule has 0 aromatic heterocycles. The first kappa shape index (κ1) is 14.3. The molecule has 0 saturated heterocycles. The van der Waals surface area contributed by atoms with Crippen LogP contribution in [0.15, 0.2) is 48.5 Å². The lowest BCUT2D eigenvalue weighted by molar-refractivity contribution is 0.0961. The summed E-state index contributed by atoms with van der Waals surface area (Å²) in [6, 6.07) is 15.0. The highest BCUT2D eigenvalue weighted by atomic mass is 16.2. The fourth-order valence-corrected chi connectivity index (χ4v) is 1.78. The first-order chi connectivity index (χ1) is 10.1. The second-order valence-electron chi connectivity index (χ2n) is 4.30. The van der Waals surface area contributed by atoms with E-state index in [0.717, 1.165) is 0 Å². The zero-order chi connectivity index (χ0) is 15.2. The maximum Gasteiger partial charge on any atom is 0.255 e. The molecule has 104 valence electrons. The van der Waals surface area contributed by atoms with E-state index in [1.54, 1.807) is 55.6 Å². The summed E-state index contributed by atoms with van der Waals surface area (Å²) >= 11 is 0. The minimum absolute atomic E-state index is 0.218. The molecular weight excluding hydrogens is 266 g/mol. The van der Waals surface area contributed by atoms with E-state index in [-0.39, 0.29) is 11.8 Å². The zero-order valence-electron chi connectivity index (χ0n) is 11.4. The summed E-state index contributed by atoms with van der Waals surface area (Å²) in [5.41, 5.74) is 1.94. The molecule has 2 aromatic carbocycles. The summed E-state index contributed by atoms with van der Waals surface area (Å²) in [7, 11) is 1.55. The van der Waals surface area contributed by atoms with Crippen molar-refractivity contribution >= 4 is 17.5 Å². The smallest absolute Gasteiger partial charge is 0.255 e. The number of hydrogen-bond acceptors (Lipinski definition) is 3. The van der Waals surface area contributed by atoms with Gasteiger partial charge < -0.3 is 10.6 Å². The molecule has 2 rings (SSSR count). The minimum atomic E-state index is -0.298. The Morgan fingerprint density at radius 1 is 1.00 bits per heavy atom. The van der Waals surface area contributed by atoms with Gasteiger partial charge in [-0.15, -0.1) is 0 Å². The molecule has 0 heterocycles. The Balaban J connectivity index is 2.15. The molecule has 0 radical (unpaired) electrons. The lowest BCUT2D eigenvalue weighted by Crippen LogP contribution is -2.18. The quantitative estimate of drug-likeness (QED) is 0.903. The largest absolute Gasteiger partial charge is 0.355 e. The third-order valence-corrected chi connectivity index (χ3v) is 2.89. The predicted octanol–water partition coefficient (Wildman–Crippen LogP) is 2.17. The summed E-state index contributed by atoms with van der Waals surface area (Å²) < 4.78 is 0. The van der Waals surface area contributed by atoms with Crippen LogP contribution in [-0.2, 0) is 0 Å². The summed E-state index contributed by atoms with van der Waals surface area (Å²) in [5.74, 6) is -0.516. The van der Waals surface area contributed by atoms with E-state index >= 15 is 0 Å². The summed E-state index contributed by atoms with van der Waals surface area (Å²) in [4.78, 5) is 23.6. The predicted molar refractivity (Wildman–Crippen MR) is 78.9 cm³/mol. The second-order valence-corrected chi connectivity index (χ2v) is 4.30. The Morgan fingerprint density at radius 3 is 2.33 bits per heavy atom. The van der Waals surface area contributed by atoms with Crippen molar-refractivity contribution in [2.24, 2.45) is 0 Å². The van der Waals surface area contributed by atoms with Crippen LogP contribution in [0.25, 0.3) is 0 Å². The Labute approximate surface area is 122 Å². The fourth-order valence-electron chi connectivity index (χ4n) is 1.78. The van der Waals surface area contributed by atoms with Crippen molar-refractivity contribution in [3.8, 4) is 6.07 Å². The van der Waals surface area contributed by atoms with Gasteiger partial charge in [-0.1, -0.05) is 6.07 Å². The SMILES string of the molecule is CNC(=O)c1cccc(NC(=O)c2ccc(C#N)cc2)c1. The Kier molecular flexibility index (Phi) is 4.32. The lowest BCUT2D eigenvalue weighted by atomic mass is 10.1. The lowest BCUT2D eigenvalue weighted by Gasteiger charge is -2.07. The summed E-state index contributed by atoms with van der Waals surface area (Å²) in [6.45, 7) is 0. The monoisotopic (exact) mass is 279 g/mol. The van der Waals surface area contributed by atoms with Crippen molar-refractivity contribution in [1.82, 2.24) is 5.32 Å². The van der Waals surface area contributed by atoms with Crippen molar-refractivity contribution < 1.29 is 9.59 Å². The molecule has 2 N–H and O–H groups in total. The number of carbonyl (C=O) groups excluding carboxylic acids is 2. The van der Waals surface area contributed by atoms with Gasteiger partial charge in [0.15, 0.2) is 0 Å². The van der Waals surface area contributed by atoms with Gasteiger partial charge in [0, 0.05) is 23.9 Å². The number of nitrogens with zero attached hydrogens (tertiary/aromatic N) is 1. The van der Waals surface area contributed by atoms with Crippen molar-refractivity contribution in [2.75, 3.05) is 12.4 Å². The van der Waals surface area contributed by atoms with Crippen molar-refractivity contribution in [3.63, 3.8) is 0 Å². The van der Waals surface area contributed by atoms with Gasteiger partial charge in [-0.25, -0.2) is 0 Å². The van der Waals surface area contributed by atoms with E-state index in [0.29, 0.717) is 22.4 Å². The number of carbonyl (C=O) groups is 2. The molecule has 0 saturated carbocycles. The number of benzene rings is 2. The van der Waals surface area contributed by atoms with E-state index < -0.39 is 0 Å². The average molecular weight is 279 g/mol. The first-order valence-corrected chi connectivity index (χ1v) is 6.27. The van der Waals surface area contributed by atoms with Crippen molar-refractivity contribution in [2.45, 2.75) is 0 Å². The van der Waals surface area contributed by atoms with Crippen LogP contribution in [0, 0.1) is 11.3 Å². The molecule has 0 aliphatic rings. The molecule has 2 amide bonds. The molecule has 0 fully saturated rings. The Hall–Kier alpha value is -3.13. The molecule has 2 aromatic rings. The van der Waals surface area contributed by atoms with Crippen LogP contribution in [-0.4, -0.2) is 18.9 Å². The van der Waals surface area contributed by atoms with E-state index in [9.17, 15) is 9.59 Å². The van der Waals surface area contributed by atoms with Gasteiger partial charge in [0.05, 0.1) is 11.6 Å². The third kappa shape index (κ3) is 3.45. The van der Waals surface area contributed by atoms with Gasteiger partial charge in [-0.2, -0.15) is 5.26 Å². The van der Waals surface area contributed by atoms with Crippen LogP contribution in [0.1, 0.15) is 26.3 Å². The van der Waals surface area contributed by atoms with Gasteiger partial charge in [-0.3, -0.25) is 9.59 Å². The van der Waals surface area contributed by atoms with E-state index in [1.807, 2.05) is 6.07 Å². The topological polar surface area (TPSA) is 82.0 Å². The van der Waals surface area contributed by atoms with Gasteiger partial charge in [0.2, 0.25) is 0 Å². The van der Waals surface area contributed by atoms with Crippen LogP contribution >= 0.6 is 0 Å². The zero-order valence-corrected chi connectivity index (χ0v) is 11.4. The summed E-state index contributed by atoms with van der Waals surface area (Å²) in [6.07, 6.45) is 0. The van der Waals surface area contributed by atoms with E-state index in [2.05, 4.69) is 10.6 Å². The Morgan fingerprint density at radius 2 is 1.71 bits per heavy atom. The molecule has 0 bridgehead atoms. The fraction of sp³-hybridized carbons (Fsp3) is 0.0625. The highest BCUT2D eigenvalue weighted by Crippen LogP contribution is 2.13. The number of amides is 2. The molecule has 21 heavy (non-hydrogen) atoms. The van der Waals surface area contributed by atoms with Crippen LogP contribution < -0.4 is 10.6 Å². The van der Waals surface area contributed by atoms with Crippen LogP contribution in [0.2, 0.25) is 0 Å². The van der Waals surface area contributed by atoms with E-state index in [1.165, 1.54) is 0 Å². The first-order valence-electron chi connectivity index (χ1n) is 6.27. The molecule has 5 heteroatoms. The minimum Gasteiger partial charge on any atom is -0.355 e. The molecule has 0 atom stereocenters. The van der Waals surface area contributed by atoms with Crippen molar-refractivity contribution in [1.29, 1.82) is 5.26 Å². The highest BCUT2D eigenvalue weighted by molar-refractivity contribution is 6.05. The second kappa shape index (κ2) is 6.35. The third-order valence-electron chi connectivity index (χ3n) is 2.89. The number of nitrogens with one attached hydrogen (secondary N) is 2. The standard InChI is InChI=1S/C16H13N3O2/c1-18-15(20)13-3-2-4-14(9-13)19-16(21)12-7-5-11(10-17)6-8-12/h2-9H,1H3,(H,18,20)(H,19,21). The normalized spacial score (nSPS) is 9.52. The molecule has 0 aliphatic heterocycles. The van der Waals surface area contributed by atoms with Gasteiger partial charge in [0.25, 0.3) is 11.8 Å². The highest BCUT2D eigenvalue weighted by Gasteiger charge is 2.08. The Bertz CT molecular complexity index is 715. The van der Waals surface area contributed by atoms with Crippen LogP contribution in [0.4, 0.5) is 5.69 Å². The molecule has 5 nitrogen and oxygen atoms in total. The van der Waals surface area contributed by atoms with Gasteiger partial charge in [-0.05, 0) is 42.5 Å². The summed E-state index contributed by atoms with van der Waals surface area (Å²) in [5, 5.41) is 14.0. The maximum atomic E-state index is 12.1. The van der Waals surface area contributed by atoms with Crippen LogP contribution in [0.5, 0.6) is 0 Å². The average Bonchev–Trinajstić information content (AvgIpc) is 2.54. The molecule has 0 unspecified atom stereocenters. The number of rotatable bonds is 3. The maximum absolute atomic E-state index is 12.1. The number of nitriles is 1. The van der Waals surface area contributed by atoms with Gasteiger partial charge in [0.1, 0.15) is 0 Å². The molecule has 0 spiro atoms. The molecule has 0 aliphatic carbocycles. The van der Waals surface area contributed by atoms with Gasteiger partial charge >= 0.3 is 0 Å². The van der Waals surface area contributed by atoms with Crippen molar-refractivity contribution in [3.05, 3.63) is 65.2 Å².